The molecule has 0 unspecified atom stereocenters. The molecule has 91 heavy (non-hydrogen) atoms. The molecule has 0 radical (unpaired) electrons. The Morgan fingerprint density at radius 3 is 0.736 bits per heavy atom. The second-order valence-corrected chi connectivity index (χ2v) is 24.5. The van der Waals surface area contributed by atoms with Crippen LogP contribution >= 0.6 is 0 Å². The standard InChI is InChI=1S/C53H92N2O36/c1-53(2,3)91-52(76)55-9-7-5-4-6-8-54-10-17-38-24(62)31(69)45(77-17)85-39-18(11-56)79-47(33(71)26(39)64)87-41-20(13-58)81-49(35(73)28(41)66)89-43-22(15-60)83-51(37(75)30(43)68)90-44-23(16-61)82-50(36(74)29(44)67)88-42-21(14-59)80-48(34(72)27(42)65)86-40-19(12-57)78-46(84-38)32(70)25(40)63/h17-51,54,56-75H,4-16H2,1-3H3,(H,55,76)/t17-,18-,19-,20-,21-,22-,23-,24-,25-,26-,27-,28-,29-,30-,31-,32-,33-,34-,35-,36-,37-,38-,39-,40-,41-,42-,43-,44-,45-,46-,47-,48-,49-,50-,51-/m1/s1. The molecule has 21 rings (SSSR count). The summed E-state index contributed by atoms with van der Waals surface area (Å²) in [7, 11) is 0. The molecule has 0 aromatic rings. The van der Waals surface area contributed by atoms with E-state index in [0.29, 0.717) is 32.2 Å². The fourth-order valence-electron chi connectivity index (χ4n) is 11.9. The van der Waals surface area contributed by atoms with E-state index < -0.39 is 266 Å². The number of aliphatic hydroxyl groups is 20. The van der Waals surface area contributed by atoms with Gasteiger partial charge in [-0.25, -0.2) is 4.79 Å². The van der Waals surface area contributed by atoms with Crippen LogP contribution in [-0.4, -0.2) is 388 Å². The number of alkyl carbamates (subject to hydrolysis) is 1. The summed E-state index contributed by atoms with van der Waals surface area (Å²) in [6.45, 7) is -0.710. The van der Waals surface area contributed by atoms with Gasteiger partial charge >= 0.3 is 6.09 Å². The monoisotopic (exact) mass is 1330 g/mol. The Bertz CT molecular complexity index is 2190. The average molecular weight is 1330 g/mol. The van der Waals surface area contributed by atoms with Gasteiger partial charge in [-0.15, -0.1) is 0 Å². The van der Waals surface area contributed by atoms with Crippen LogP contribution in [0, 0.1) is 0 Å². The van der Waals surface area contributed by atoms with Crippen molar-refractivity contribution in [2.45, 2.75) is 267 Å². The van der Waals surface area contributed by atoms with Gasteiger partial charge in [0, 0.05) is 13.1 Å². The summed E-state index contributed by atoms with van der Waals surface area (Å²) >= 11 is 0. The third kappa shape index (κ3) is 17.1. The van der Waals surface area contributed by atoms with Gasteiger partial charge in [0.25, 0.3) is 0 Å². The van der Waals surface area contributed by atoms with Gasteiger partial charge < -0.3 is 184 Å². The van der Waals surface area contributed by atoms with E-state index in [0.717, 1.165) is 0 Å². The smallest absolute Gasteiger partial charge is 0.407 e. The molecule has 21 saturated heterocycles. The fraction of sp³-hybridized carbons (Fsp3) is 0.981. The van der Waals surface area contributed by atoms with Gasteiger partial charge in [0.05, 0.1) is 39.6 Å². The third-order valence-electron chi connectivity index (χ3n) is 16.9. The molecule has 0 saturated carbocycles. The second-order valence-electron chi connectivity index (χ2n) is 24.5. The Balaban J connectivity index is 1.05. The first-order valence-corrected chi connectivity index (χ1v) is 30.2. The Kier molecular flexibility index (Phi) is 27.0. The van der Waals surface area contributed by atoms with E-state index in [1.807, 2.05) is 0 Å². The van der Waals surface area contributed by atoms with Gasteiger partial charge in [0.2, 0.25) is 0 Å². The maximum Gasteiger partial charge on any atom is 0.407 e. The number of unbranched alkanes of at least 4 members (excludes halogenated alkanes) is 3. The van der Waals surface area contributed by atoms with Crippen LogP contribution in [0.5, 0.6) is 0 Å². The van der Waals surface area contributed by atoms with Crippen LogP contribution < -0.4 is 10.6 Å². The van der Waals surface area contributed by atoms with Gasteiger partial charge in [0.15, 0.2) is 44.0 Å². The quantitative estimate of drug-likeness (QED) is 0.0677. The number of ether oxygens (including phenoxy) is 15. The molecule has 38 heteroatoms. The maximum atomic E-state index is 12.1. The highest BCUT2D eigenvalue weighted by Gasteiger charge is 2.59. The molecule has 0 aliphatic carbocycles. The SMILES string of the molecule is CC(C)(C)OC(=O)NCCCCCCNC[C@H]1O[C@@H]2O[C@H]3[C@H](O)[C@@H](O)[C@@H](O[C@H]4[C@H](O)[C@@H](O)[C@@H](O[C@H]5[C@H](O)[C@@H](O)[C@@H](O[C@H]6[C@H](O)[C@@H](O)[C@@H](O[C@H]7[C@H](O)[C@@H](O)[C@@H](O[C@H]8[C@H](O)[C@@H](O)[C@@H](O[C@H]1[C@H](O)[C@H]2O)O[C@@H]8CO)O[C@@H]7CO)O[C@@H]6CO)O[C@@H]5CO)O[C@@H]4CO)O[C@@H]3CO. The van der Waals surface area contributed by atoms with Crippen LogP contribution in [0.25, 0.3) is 0 Å². The Morgan fingerprint density at radius 1 is 0.308 bits per heavy atom. The molecule has 21 aliphatic heterocycles. The summed E-state index contributed by atoms with van der Waals surface area (Å²) in [6, 6.07) is 0. The van der Waals surface area contributed by atoms with E-state index in [4.69, 9.17) is 71.1 Å². The van der Waals surface area contributed by atoms with Gasteiger partial charge in [-0.2, -0.15) is 0 Å². The minimum Gasteiger partial charge on any atom is -0.444 e. The van der Waals surface area contributed by atoms with E-state index in [1.165, 1.54) is 0 Å². The molecule has 0 aromatic carbocycles. The zero-order chi connectivity index (χ0) is 66.5. The highest BCUT2D eigenvalue weighted by atomic mass is 16.8. The van der Waals surface area contributed by atoms with Gasteiger partial charge in [-0.1, -0.05) is 12.8 Å². The predicted octanol–water partition coefficient (Wildman–Crippen LogP) is -12.5. The highest BCUT2D eigenvalue weighted by Crippen LogP contribution is 2.39. The molecule has 21 fully saturated rings. The molecule has 0 aromatic heterocycles. The number of hydrogen-bond acceptors (Lipinski definition) is 37. The van der Waals surface area contributed by atoms with Crippen molar-refractivity contribution < 1.29 is 178 Å². The number of carbonyl (C=O) groups is 1. The number of carbonyl (C=O) groups excluding carboxylic acids is 1. The number of aliphatic hydroxyl groups excluding tert-OH is 20. The summed E-state index contributed by atoms with van der Waals surface area (Å²) in [5.41, 5.74) is -0.684. The Labute approximate surface area is 520 Å². The van der Waals surface area contributed by atoms with Crippen molar-refractivity contribution in [3.05, 3.63) is 0 Å². The summed E-state index contributed by atoms with van der Waals surface area (Å²) in [6.07, 6.45) is -67.8. The van der Waals surface area contributed by atoms with Crippen LogP contribution in [0.2, 0.25) is 0 Å². The van der Waals surface area contributed by atoms with Crippen LogP contribution in [-0.2, 0) is 71.1 Å². The lowest BCUT2D eigenvalue weighted by atomic mass is 9.95. The van der Waals surface area contributed by atoms with Crippen LogP contribution in [0.15, 0.2) is 0 Å². The molecule has 35 atom stereocenters. The largest absolute Gasteiger partial charge is 0.444 e. The number of hydrogen-bond donors (Lipinski definition) is 22. The highest BCUT2D eigenvalue weighted by molar-refractivity contribution is 5.67. The van der Waals surface area contributed by atoms with Crippen molar-refractivity contribution in [2.75, 3.05) is 59.3 Å². The molecule has 0 spiro atoms. The summed E-state index contributed by atoms with van der Waals surface area (Å²) in [4.78, 5) is 12.1. The van der Waals surface area contributed by atoms with E-state index in [-0.39, 0.29) is 13.1 Å². The molecule has 530 valence electrons. The first-order chi connectivity index (χ1) is 43.2. The van der Waals surface area contributed by atoms with Crippen molar-refractivity contribution in [1.29, 1.82) is 0 Å². The maximum absolute atomic E-state index is 12.1. The summed E-state index contributed by atoms with van der Waals surface area (Å²) in [5.74, 6) is 0. The molecule has 1 amide bonds. The number of amides is 1. The van der Waals surface area contributed by atoms with Crippen LogP contribution in [0.1, 0.15) is 46.5 Å². The zero-order valence-electron chi connectivity index (χ0n) is 49.9. The lowest BCUT2D eigenvalue weighted by molar-refractivity contribution is -0.396. The lowest BCUT2D eigenvalue weighted by Gasteiger charge is -2.50. The molecule has 22 N–H and O–H groups in total. The summed E-state index contributed by atoms with van der Waals surface area (Å²) in [5, 5.41) is 230. The van der Waals surface area contributed by atoms with Crippen LogP contribution in [0.4, 0.5) is 4.79 Å². The molecular weight excluding hydrogens is 1240 g/mol. The molecule has 14 bridgehead atoms. The van der Waals surface area contributed by atoms with Crippen molar-refractivity contribution >= 4 is 6.09 Å². The Morgan fingerprint density at radius 2 is 0.516 bits per heavy atom. The van der Waals surface area contributed by atoms with Crippen LogP contribution in [0.3, 0.4) is 0 Å². The molecule has 21 heterocycles. The predicted molar refractivity (Wildman–Crippen MR) is 287 cm³/mol. The van der Waals surface area contributed by atoms with E-state index in [1.54, 1.807) is 20.8 Å². The van der Waals surface area contributed by atoms with Crippen molar-refractivity contribution in [2.24, 2.45) is 0 Å². The topological polar surface area (TPSA) is 584 Å². The average Bonchev–Trinajstić information content (AvgIpc) is 0.801. The molecular formula is C53H92N2O36. The minimum absolute atomic E-state index is 0.255. The lowest BCUT2D eigenvalue weighted by Crippen LogP contribution is -2.68. The Hall–Kier alpha value is -2.13. The zero-order valence-corrected chi connectivity index (χ0v) is 49.9. The number of nitrogens with one attached hydrogen (secondary N) is 2. The van der Waals surface area contributed by atoms with Crippen molar-refractivity contribution in [1.82, 2.24) is 10.6 Å². The third-order valence-corrected chi connectivity index (χ3v) is 16.9. The normalized spacial score (nSPS) is 48.8. The molecule has 21 aliphatic rings. The first kappa shape index (κ1) is 74.7. The fourth-order valence-corrected chi connectivity index (χ4v) is 11.9. The van der Waals surface area contributed by atoms with Crippen molar-refractivity contribution in [3.63, 3.8) is 0 Å². The van der Waals surface area contributed by atoms with E-state index in [2.05, 4.69) is 10.6 Å². The van der Waals surface area contributed by atoms with Gasteiger partial charge in [-0.3, -0.25) is 0 Å². The minimum atomic E-state index is -2.21. The van der Waals surface area contributed by atoms with E-state index >= 15 is 0 Å². The first-order valence-electron chi connectivity index (χ1n) is 30.2. The summed E-state index contributed by atoms with van der Waals surface area (Å²) < 4.78 is 86.8. The number of rotatable bonds is 15. The van der Waals surface area contributed by atoms with Gasteiger partial charge in [-0.05, 0) is 40.2 Å². The van der Waals surface area contributed by atoms with Crippen molar-refractivity contribution in [3.8, 4) is 0 Å². The molecule has 38 nitrogen and oxygen atoms in total. The van der Waals surface area contributed by atoms with Gasteiger partial charge in [0.1, 0.15) is 177 Å². The second kappa shape index (κ2) is 32.9. The van der Waals surface area contributed by atoms with E-state index in [9.17, 15) is 107 Å².